The van der Waals surface area contributed by atoms with Crippen LogP contribution in [0.4, 0.5) is 15.9 Å². The van der Waals surface area contributed by atoms with Gasteiger partial charge >= 0.3 is 0 Å². The van der Waals surface area contributed by atoms with Crippen molar-refractivity contribution in [1.82, 2.24) is 20.1 Å². The van der Waals surface area contributed by atoms with Gasteiger partial charge < -0.3 is 20.8 Å². The van der Waals surface area contributed by atoms with Crippen molar-refractivity contribution in [2.24, 2.45) is 5.92 Å². The summed E-state index contributed by atoms with van der Waals surface area (Å²) < 4.78 is 15.8. The van der Waals surface area contributed by atoms with Crippen molar-refractivity contribution in [2.45, 2.75) is 32.1 Å². The molecule has 0 amide bonds. The molecule has 1 aromatic carbocycles. The highest BCUT2D eigenvalue weighted by Crippen LogP contribution is 2.30. The first-order valence-electron chi connectivity index (χ1n) is 9.55. The van der Waals surface area contributed by atoms with Crippen LogP contribution >= 0.6 is 0 Å². The van der Waals surface area contributed by atoms with E-state index in [2.05, 4.69) is 20.7 Å². The summed E-state index contributed by atoms with van der Waals surface area (Å²) in [5.74, 6) is 0.727. The molecule has 3 aromatic rings. The predicted molar refractivity (Wildman–Crippen MR) is 105 cm³/mol. The predicted octanol–water partition coefficient (Wildman–Crippen LogP) is 2.69. The van der Waals surface area contributed by atoms with E-state index in [9.17, 15) is 14.6 Å². The molecule has 1 fully saturated rings. The number of halogens is 1. The Morgan fingerprint density at radius 3 is 3.00 bits per heavy atom. The van der Waals surface area contributed by atoms with Gasteiger partial charge in [-0.3, -0.25) is 9.67 Å². The van der Waals surface area contributed by atoms with Gasteiger partial charge in [0.2, 0.25) is 0 Å². The van der Waals surface area contributed by atoms with Gasteiger partial charge in [-0.25, -0.2) is 4.39 Å². The number of hydrogen-bond donors (Lipinski definition) is 4. The number of aliphatic hydroxyl groups is 2. The number of pyridine rings is 1. The minimum absolute atomic E-state index is 0.280. The molecule has 3 heterocycles. The van der Waals surface area contributed by atoms with Gasteiger partial charge in [-0.2, -0.15) is 5.10 Å². The lowest BCUT2D eigenvalue weighted by molar-refractivity contribution is -0.0419. The maximum absolute atomic E-state index is 13.9. The molecule has 28 heavy (non-hydrogen) atoms. The number of fused-ring (bicyclic) bond motifs is 1. The smallest absolute Gasteiger partial charge is 0.180 e. The number of piperidine rings is 1. The van der Waals surface area contributed by atoms with Crippen molar-refractivity contribution in [1.29, 1.82) is 0 Å². The second-order valence-electron chi connectivity index (χ2n) is 7.20. The van der Waals surface area contributed by atoms with E-state index in [1.54, 1.807) is 6.07 Å². The molecule has 0 spiro atoms. The summed E-state index contributed by atoms with van der Waals surface area (Å²) in [5, 5.41) is 30.9. The number of hydrogen-bond acceptors (Lipinski definition) is 6. The molecule has 4 N–H and O–H groups in total. The Bertz CT molecular complexity index is 953. The molecule has 0 aliphatic carbocycles. The minimum Gasteiger partial charge on any atom is -0.364 e. The van der Waals surface area contributed by atoms with E-state index in [0.717, 1.165) is 31.6 Å². The van der Waals surface area contributed by atoms with Gasteiger partial charge in [0.1, 0.15) is 5.82 Å². The van der Waals surface area contributed by atoms with Crippen LogP contribution in [-0.2, 0) is 6.54 Å². The van der Waals surface area contributed by atoms with Gasteiger partial charge in [0.15, 0.2) is 12.1 Å². The van der Waals surface area contributed by atoms with Crippen LogP contribution in [0.2, 0.25) is 0 Å². The van der Waals surface area contributed by atoms with Crippen molar-refractivity contribution >= 4 is 22.4 Å². The summed E-state index contributed by atoms with van der Waals surface area (Å²) in [7, 11) is 0. The first-order chi connectivity index (χ1) is 13.6. The summed E-state index contributed by atoms with van der Waals surface area (Å²) in [5.41, 5.74) is 1.54. The molecule has 7 nitrogen and oxygen atoms in total. The van der Waals surface area contributed by atoms with E-state index in [0.29, 0.717) is 22.8 Å². The van der Waals surface area contributed by atoms with E-state index >= 15 is 0 Å². The highest BCUT2D eigenvalue weighted by atomic mass is 19.1. The zero-order valence-electron chi connectivity index (χ0n) is 15.5. The second kappa shape index (κ2) is 8.22. The quantitative estimate of drug-likeness (QED) is 0.488. The molecule has 0 bridgehead atoms. The summed E-state index contributed by atoms with van der Waals surface area (Å²) in [6, 6.07) is 6.12. The zero-order chi connectivity index (χ0) is 19.5. The molecule has 8 heteroatoms. The average Bonchev–Trinajstić information content (AvgIpc) is 3.04. The fraction of sp³-hybridized carbons (Fsp3) is 0.400. The third-order valence-electron chi connectivity index (χ3n) is 5.25. The molecule has 0 radical (unpaired) electrons. The van der Waals surface area contributed by atoms with Gasteiger partial charge in [0.05, 0.1) is 17.4 Å². The van der Waals surface area contributed by atoms with Crippen molar-refractivity contribution in [3.05, 3.63) is 48.0 Å². The SMILES string of the molecule is OC(O)c1ccncc1Nc1nn(CCC2CCCNC2)c2ccc(F)cc12. The first kappa shape index (κ1) is 18.8. The Kier molecular flexibility index (Phi) is 5.52. The minimum atomic E-state index is -1.64. The van der Waals surface area contributed by atoms with E-state index in [1.807, 2.05) is 4.68 Å². The Labute approximate surface area is 162 Å². The van der Waals surface area contributed by atoms with Crippen molar-refractivity contribution in [3.8, 4) is 0 Å². The number of rotatable bonds is 6. The van der Waals surface area contributed by atoms with E-state index in [-0.39, 0.29) is 11.4 Å². The monoisotopic (exact) mass is 385 g/mol. The number of aryl methyl sites for hydroxylation is 1. The van der Waals surface area contributed by atoms with Gasteiger partial charge in [-0.15, -0.1) is 0 Å². The van der Waals surface area contributed by atoms with E-state index in [4.69, 9.17) is 0 Å². The molecule has 1 saturated heterocycles. The van der Waals surface area contributed by atoms with E-state index < -0.39 is 6.29 Å². The lowest BCUT2D eigenvalue weighted by Gasteiger charge is -2.22. The molecule has 148 valence electrons. The molecular formula is C20H24FN5O2. The molecule has 4 rings (SSSR count). The molecule has 1 atom stereocenters. The number of anilines is 2. The Morgan fingerprint density at radius 1 is 1.32 bits per heavy atom. The Balaban J connectivity index is 1.64. The fourth-order valence-corrected chi connectivity index (χ4v) is 3.75. The summed E-state index contributed by atoms with van der Waals surface area (Å²) in [4.78, 5) is 4.03. The van der Waals surface area contributed by atoms with Gasteiger partial charge in [0, 0.05) is 23.7 Å². The van der Waals surface area contributed by atoms with Crippen LogP contribution in [0.5, 0.6) is 0 Å². The fourth-order valence-electron chi connectivity index (χ4n) is 3.75. The van der Waals surface area contributed by atoms with Crippen LogP contribution in [0, 0.1) is 11.7 Å². The normalized spacial score (nSPS) is 17.4. The maximum Gasteiger partial charge on any atom is 0.180 e. The Morgan fingerprint density at radius 2 is 2.21 bits per heavy atom. The lowest BCUT2D eigenvalue weighted by Crippen LogP contribution is -2.30. The summed E-state index contributed by atoms with van der Waals surface area (Å²) in [6.07, 6.45) is 4.72. The third kappa shape index (κ3) is 3.99. The molecule has 1 aliphatic rings. The number of benzene rings is 1. The van der Waals surface area contributed by atoms with Crippen LogP contribution in [-0.4, -0.2) is 38.1 Å². The van der Waals surface area contributed by atoms with Crippen LogP contribution in [0.15, 0.2) is 36.7 Å². The highest BCUT2D eigenvalue weighted by Gasteiger charge is 2.17. The van der Waals surface area contributed by atoms with Crippen molar-refractivity contribution in [3.63, 3.8) is 0 Å². The van der Waals surface area contributed by atoms with E-state index in [1.165, 1.54) is 43.4 Å². The largest absolute Gasteiger partial charge is 0.364 e. The topological polar surface area (TPSA) is 95.2 Å². The molecule has 0 saturated carbocycles. The number of nitrogens with one attached hydrogen (secondary N) is 2. The average molecular weight is 385 g/mol. The van der Waals surface area contributed by atoms with Crippen molar-refractivity contribution in [2.75, 3.05) is 18.4 Å². The van der Waals surface area contributed by atoms with Crippen LogP contribution in [0.1, 0.15) is 31.1 Å². The standard InChI is InChI=1S/C20H24FN5O2/c21-14-3-4-18-16(10-14)19(24-17-12-23-8-5-15(17)20(27)28)25-26(18)9-6-13-2-1-7-22-11-13/h3-5,8,10,12-13,20,22,27-28H,1-2,6-7,9,11H2,(H,24,25). The van der Waals surface area contributed by atoms with Crippen LogP contribution in [0.3, 0.4) is 0 Å². The van der Waals surface area contributed by atoms with Gasteiger partial charge in [-0.05, 0) is 62.5 Å². The van der Waals surface area contributed by atoms with Crippen LogP contribution in [0.25, 0.3) is 10.9 Å². The lowest BCUT2D eigenvalue weighted by atomic mass is 9.96. The summed E-state index contributed by atoms with van der Waals surface area (Å²) >= 11 is 0. The Hall–Kier alpha value is -2.55. The number of nitrogens with zero attached hydrogens (tertiary/aromatic N) is 3. The first-order valence-corrected chi connectivity index (χ1v) is 9.55. The van der Waals surface area contributed by atoms with Crippen LogP contribution < -0.4 is 10.6 Å². The molecule has 1 unspecified atom stereocenters. The van der Waals surface area contributed by atoms with Gasteiger partial charge in [-0.1, -0.05) is 0 Å². The molecular weight excluding hydrogens is 361 g/mol. The second-order valence-corrected chi connectivity index (χ2v) is 7.20. The summed E-state index contributed by atoms with van der Waals surface area (Å²) in [6.45, 7) is 2.84. The zero-order valence-corrected chi connectivity index (χ0v) is 15.5. The third-order valence-corrected chi connectivity index (χ3v) is 5.25. The highest BCUT2D eigenvalue weighted by molar-refractivity contribution is 5.92. The number of aromatic nitrogens is 3. The maximum atomic E-state index is 13.9. The van der Waals surface area contributed by atoms with Gasteiger partial charge in [0.25, 0.3) is 0 Å². The molecule has 1 aliphatic heterocycles. The van der Waals surface area contributed by atoms with Crippen molar-refractivity contribution < 1.29 is 14.6 Å². The number of aliphatic hydroxyl groups excluding tert-OH is 1. The molecule has 2 aromatic heterocycles.